The van der Waals surface area contributed by atoms with Crippen molar-refractivity contribution in [3.05, 3.63) is 23.3 Å². The number of nitrogens with one attached hydrogen (secondary N) is 1. The van der Waals surface area contributed by atoms with Crippen molar-refractivity contribution < 1.29 is 9.47 Å². The van der Waals surface area contributed by atoms with Crippen molar-refractivity contribution in [2.24, 2.45) is 5.92 Å². The van der Waals surface area contributed by atoms with Crippen molar-refractivity contribution in [2.75, 3.05) is 21.3 Å². The molecule has 1 saturated carbocycles. The minimum atomic E-state index is 0.573. The van der Waals surface area contributed by atoms with Crippen molar-refractivity contribution in [1.82, 2.24) is 5.32 Å². The summed E-state index contributed by atoms with van der Waals surface area (Å²) in [5.41, 5.74) is 2.46. The van der Waals surface area contributed by atoms with Gasteiger partial charge >= 0.3 is 0 Å². The second-order valence-electron chi connectivity index (χ2n) is 5.56. The van der Waals surface area contributed by atoms with E-state index in [-0.39, 0.29) is 0 Å². The van der Waals surface area contributed by atoms with Crippen LogP contribution in [0.25, 0.3) is 0 Å². The number of rotatable bonds is 5. The van der Waals surface area contributed by atoms with E-state index < -0.39 is 0 Å². The Morgan fingerprint density at radius 2 is 1.79 bits per heavy atom. The summed E-state index contributed by atoms with van der Waals surface area (Å²) in [5, 5.41) is 3.17. The standard InChI is InChI=1S/C16H25NO2/c1-11-5-6-13(7-11)16-14(18-3)8-12(10-17-2)9-15(16)19-4/h8-9,11,13,17H,5-7,10H2,1-4H3. The van der Waals surface area contributed by atoms with Crippen LogP contribution in [0.3, 0.4) is 0 Å². The summed E-state index contributed by atoms with van der Waals surface area (Å²) in [6.07, 6.45) is 3.77. The van der Waals surface area contributed by atoms with Crippen molar-refractivity contribution in [1.29, 1.82) is 0 Å². The van der Waals surface area contributed by atoms with Gasteiger partial charge in [0.1, 0.15) is 11.5 Å². The van der Waals surface area contributed by atoms with E-state index in [1.165, 1.54) is 30.4 Å². The summed E-state index contributed by atoms with van der Waals surface area (Å²) < 4.78 is 11.2. The van der Waals surface area contributed by atoms with Crippen molar-refractivity contribution in [3.8, 4) is 11.5 Å². The third kappa shape index (κ3) is 3.03. The molecule has 106 valence electrons. The molecule has 19 heavy (non-hydrogen) atoms. The zero-order valence-electron chi connectivity index (χ0n) is 12.5. The molecule has 0 aromatic heterocycles. The molecule has 1 aromatic carbocycles. The third-order valence-electron chi connectivity index (χ3n) is 4.09. The molecule has 1 N–H and O–H groups in total. The van der Waals surface area contributed by atoms with Gasteiger partial charge in [-0.2, -0.15) is 0 Å². The Morgan fingerprint density at radius 1 is 1.16 bits per heavy atom. The van der Waals surface area contributed by atoms with E-state index in [9.17, 15) is 0 Å². The molecule has 1 aliphatic rings. The van der Waals surface area contributed by atoms with E-state index in [4.69, 9.17) is 9.47 Å². The van der Waals surface area contributed by atoms with Gasteiger partial charge in [-0.05, 0) is 49.4 Å². The summed E-state index contributed by atoms with van der Waals surface area (Å²) in [6, 6.07) is 4.27. The first-order valence-corrected chi connectivity index (χ1v) is 7.09. The van der Waals surface area contributed by atoms with Crippen LogP contribution in [0.5, 0.6) is 11.5 Å². The average Bonchev–Trinajstić information content (AvgIpc) is 2.84. The summed E-state index contributed by atoms with van der Waals surface area (Å²) in [6.45, 7) is 3.16. The van der Waals surface area contributed by atoms with Crippen LogP contribution in [0.15, 0.2) is 12.1 Å². The van der Waals surface area contributed by atoms with Gasteiger partial charge in [0.05, 0.1) is 14.2 Å². The first kappa shape index (κ1) is 14.2. The molecular weight excluding hydrogens is 238 g/mol. The minimum absolute atomic E-state index is 0.573. The minimum Gasteiger partial charge on any atom is -0.496 e. The fourth-order valence-corrected chi connectivity index (χ4v) is 3.17. The highest BCUT2D eigenvalue weighted by molar-refractivity contribution is 5.50. The quantitative estimate of drug-likeness (QED) is 0.884. The predicted molar refractivity (Wildman–Crippen MR) is 78.1 cm³/mol. The Hall–Kier alpha value is -1.22. The summed E-state index contributed by atoms with van der Waals surface area (Å²) in [5.74, 6) is 3.33. The molecule has 3 nitrogen and oxygen atoms in total. The molecule has 1 aliphatic carbocycles. The third-order valence-corrected chi connectivity index (χ3v) is 4.09. The van der Waals surface area contributed by atoms with Crippen LogP contribution in [0.1, 0.15) is 43.2 Å². The van der Waals surface area contributed by atoms with E-state index in [0.29, 0.717) is 5.92 Å². The highest BCUT2D eigenvalue weighted by Crippen LogP contribution is 2.46. The summed E-state index contributed by atoms with van der Waals surface area (Å²) in [4.78, 5) is 0. The van der Waals surface area contributed by atoms with Crippen LogP contribution in [-0.2, 0) is 6.54 Å². The van der Waals surface area contributed by atoms with Crippen molar-refractivity contribution in [3.63, 3.8) is 0 Å². The number of hydrogen-bond donors (Lipinski definition) is 1. The molecule has 1 aromatic rings. The van der Waals surface area contributed by atoms with Gasteiger partial charge in [-0.1, -0.05) is 13.3 Å². The summed E-state index contributed by atoms with van der Waals surface area (Å²) >= 11 is 0. The number of benzene rings is 1. The van der Waals surface area contributed by atoms with Gasteiger partial charge in [0.15, 0.2) is 0 Å². The summed E-state index contributed by atoms with van der Waals surface area (Å²) in [7, 11) is 5.45. The Morgan fingerprint density at radius 3 is 2.21 bits per heavy atom. The van der Waals surface area contributed by atoms with Crippen molar-refractivity contribution >= 4 is 0 Å². The molecule has 0 amide bonds. The van der Waals surface area contributed by atoms with Gasteiger partial charge in [-0.15, -0.1) is 0 Å². The Balaban J connectivity index is 2.39. The normalized spacial score (nSPS) is 22.5. The highest BCUT2D eigenvalue weighted by atomic mass is 16.5. The van der Waals surface area contributed by atoms with E-state index in [1.54, 1.807) is 14.2 Å². The van der Waals surface area contributed by atoms with E-state index >= 15 is 0 Å². The SMILES string of the molecule is CNCc1cc(OC)c(C2CCC(C)C2)c(OC)c1. The predicted octanol–water partition coefficient (Wildman–Crippen LogP) is 3.33. The maximum absolute atomic E-state index is 5.61. The molecule has 0 saturated heterocycles. The molecule has 3 heteroatoms. The maximum Gasteiger partial charge on any atom is 0.126 e. The van der Waals surface area contributed by atoms with Crippen LogP contribution in [0, 0.1) is 5.92 Å². The van der Waals surface area contributed by atoms with Crippen LogP contribution in [0.2, 0.25) is 0 Å². The van der Waals surface area contributed by atoms with E-state index in [1.807, 2.05) is 7.05 Å². The van der Waals surface area contributed by atoms with Crippen LogP contribution in [-0.4, -0.2) is 21.3 Å². The zero-order valence-corrected chi connectivity index (χ0v) is 12.5. The smallest absolute Gasteiger partial charge is 0.126 e. The van der Waals surface area contributed by atoms with Crippen molar-refractivity contribution in [2.45, 2.75) is 38.6 Å². The van der Waals surface area contributed by atoms with E-state index in [0.717, 1.165) is 24.0 Å². The Labute approximate surface area is 116 Å². The lowest BCUT2D eigenvalue weighted by atomic mass is 9.93. The maximum atomic E-state index is 5.61. The van der Waals surface area contributed by atoms with E-state index in [2.05, 4.69) is 24.4 Å². The molecule has 0 heterocycles. The molecule has 2 unspecified atom stereocenters. The topological polar surface area (TPSA) is 30.5 Å². The monoisotopic (exact) mass is 263 g/mol. The van der Waals surface area contributed by atoms with Crippen LogP contribution < -0.4 is 14.8 Å². The average molecular weight is 263 g/mol. The second-order valence-corrected chi connectivity index (χ2v) is 5.56. The molecule has 2 atom stereocenters. The first-order chi connectivity index (χ1) is 9.19. The lowest BCUT2D eigenvalue weighted by molar-refractivity contribution is 0.377. The molecule has 0 bridgehead atoms. The Bertz CT molecular complexity index is 406. The molecule has 2 rings (SSSR count). The fourth-order valence-electron chi connectivity index (χ4n) is 3.17. The van der Waals surface area contributed by atoms with Gasteiger partial charge in [0.2, 0.25) is 0 Å². The number of methoxy groups -OCH3 is 2. The Kier molecular flexibility index (Phi) is 4.70. The lowest BCUT2D eigenvalue weighted by Crippen LogP contribution is -2.08. The molecule has 0 aliphatic heterocycles. The second kappa shape index (κ2) is 6.29. The molecular formula is C16H25NO2. The lowest BCUT2D eigenvalue weighted by Gasteiger charge is -2.20. The van der Waals surface area contributed by atoms with Crippen LogP contribution in [0.4, 0.5) is 0 Å². The van der Waals surface area contributed by atoms with Gasteiger partial charge in [0, 0.05) is 12.1 Å². The van der Waals surface area contributed by atoms with Gasteiger partial charge in [-0.25, -0.2) is 0 Å². The van der Waals surface area contributed by atoms with Gasteiger partial charge in [-0.3, -0.25) is 0 Å². The largest absolute Gasteiger partial charge is 0.496 e. The number of ether oxygens (including phenoxy) is 2. The molecule has 0 spiro atoms. The highest BCUT2D eigenvalue weighted by Gasteiger charge is 2.28. The van der Waals surface area contributed by atoms with Gasteiger partial charge < -0.3 is 14.8 Å². The number of hydrogen-bond acceptors (Lipinski definition) is 3. The molecule has 0 radical (unpaired) electrons. The van der Waals surface area contributed by atoms with Crippen LogP contribution >= 0.6 is 0 Å². The zero-order chi connectivity index (χ0) is 13.8. The first-order valence-electron chi connectivity index (χ1n) is 7.09. The fraction of sp³-hybridized carbons (Fsp3) is 0.625. The van der Waals surface area contributed by atoms with Gasteiger partial charge in [0.25, 0.3) is 0 Å². The molecule has 1 fully saturated rings.